The largest absolute Gasteiger partial charge is 0.501 e. The number of nitrogens with zero attached hydrogens (tertiary/aromatic N) is 2. The van der Waals surface area contributed by atoms with Crippen LogP contribution in [0.1, 0.15) is 27.4 Å². The number of benzene rings is 3. The Morgan fingerprint density at radius 2 is 1.56 bits per heavy atom. The van der Waals surface area contributed by atoms with E-state index in [1.54, 1.807) is 24.3 Å². The number of aromatic nitrogens is 2. The van der Waals surface area contributed by atoms with E-state index >= 15 is 0 Å². The van der Waals surface area contributed by atoms with Crippen molar-refractivity contribution in [3.8, 4) is 22.8 Å². The van der Waals surface area contributed by atoms with E-state index in [4.69, 9.17) is 11.6 Å². The van der Waals surface area contributed by atoms with Gasteiger partial charge in [-0.05, 0) is 34.4 Å². The van der Waals surface area contributed by atoms with Gasteiger partial charge in [0.15, 0.2) is 5.69 Å². The highest BCUT2D eigenvalue weighted by molar-refractivity contribution is 6.30. The zero-order valence-electron chi connectivity index (χ0n) is 17.0. The highest BCUT2D eigenvalue weighted by Gasteiger charge is 2.20. The fourth-order valence-electron chi connectivity index (χ4n) is 3.34. The summed E-state index contributed by atoms with van der Waals surface area (Å²) < 4.78 is 0. The summed E-state index contributed by atoms with van der Waals surface area (Å²) in [5, 5.41) is 23.6. The number of halogens is 1. The van der Waals surface area contributed by atoms with Crippen LogP contribution in [0, 0.1) is 0 Å². The van der Waals surface area contributed by atoms with Gasteiger partial charge in [-0.25, -0.2) is 4.98 Å². The van der Waals surface area contributed by atoms with E-state index in [0.717, 1.165) is 22.3 Å². The van der Waals surface area contributed by atoms with Gasteiger partial charge >= 0.3 is 0 Å². The van der Waals surface area contributed by atoms with E-state index in [2.05, 4.69) is 15.3 Å². The van der Waals surface area contributed by atoms with Crippen LogP contribution in [-0.4, -0.2) is 26.1 Å². The number of aromatic hydroxyl groups is 2. The SMILES string of the molecule is O=C(NCc1ccc(Cl)cc1)c1nc(Cc2ccccc2-c2ccccc2)nc(O)c1O. The lowest BCUT2D eigenvalue weighted by Gasteiger charge is -2.11. The first-order chi connectivity index (χ1) is 15.5. The van der Waals surface area contributed by atoms with Crippen LogP contribution in [0.2, 0.25) is 5.02 Å². The molecule has 0 fully saturated rings. The van der Waals surface area contributed by atoms with Crippen molar-refractivity contribution in [1.29, 1.82) is 0 Å². The Balaban J connectivity index is 1.58. The van der Waals surface area contributed by atoms with Crippen LogP contribution in [0.3, 0.4) is 0 Å². The summed E-state index contributed by atoms with van der Waals surface area (Å²) in [6.45, 7) is 0.215. The minimum atomic E-state index is -0.654. The highest BCUT2D eigenvalue weighted by atomic mass is 35.5. The monoisotopic (exact) mass is 445 g/mol. The van der Waals surface area contributed by atoms with Crippen LogP contribution in [0.25, 0.3) is 11.1 Å². The molecule has 4 aromatic rings. The Bertz CT molecular complexity index is 1250. The molecule has 32 heavy (non-hydrogen) atoms. The molecule has 3 aromatic carbocycles. The normalized spacial score (nSPS) is 10.7. The van der Waals surface area contributed by atoms with Gasteiger partial charge in [-0.3, -0.25) is 4.79 Å². The molecule has 6 nitrogen and oxygen atoms in total. The molecule has 0 bridgehead atoms. The van der Waals surface area contributed by atoms with Gasteiger partial charge < -0.3 is 15.5 Å². The van der Waals surface area contributed by atoms with Gasteiger partial charge in [-0.15, -0.1) is 0 Å². The summed E-state index contributed by atoms with van der Waals surface area (Å²) in [5.74, 6) is -1.68. The number of hydrogen-bond acceptors (Lipinski definition) is 5. The number of nitrogens with one attached hydrogen (secondary N) is 1. The lowest BCUT2D eigenvalue weighted by molar-refractivity contribution is 0.0941. The second-order valence-corrected chi connectivity index (χ2v) is 7.61. The second kappa shape index (κ2) is 9.49. The van der Waals surface area contributed by atoms with E-state index in [-0.39, 0.29) is 24.5 Å². The third-order valence-electron chi connectivity index (χ3n) is 4.94. The second-order valence-electron chi connectivity index (χ2n) is 7.17. The molecule has 1 amide bonds. The number of carbonyl (C=O) groups is 1. The molecule has 0 aliphatic rings. The van der Waals surface area contributed by atoms with E-state index in [1.165, 1.54) is 0 Å². The zero-order chi connectivity index (χ0) is 22.5. The minimum Gasteiger partial charge on any atom is -0.501 e. The molecule has 0 aliphatic carbocycles. The Morgan fingerprint density at radius 1 is 0.875 bits per heavy atom. The lowest BCUT2D eigenvalue weighted by Crippen LogP contribution is -2.24. The van der Waals surface area contributed by atoms with Crippen molar-refractivity contribution < 1.29 is 15.0 Å². The summed E-state index contributed by atoms with van der Waals surface area (Å²) in [7, 11) is 0. The summed E-state index contributed by atoms with van der Waals surface area (Å²) in [5.41, 5.74) is 3.51. The van der Waals surface area contributed by atoms with Gasteiger partial charge in [0.25, 0.3) is 11.8 Å². The van der Waals surface area contributed by atoms with Crippen molar-refractivity contribution in [2.45, 2.75) is 13.0 Å². The first-order valence-corrected chi connectivity index (χ1v) is 10.3. The van der Waals surface area contributed by atoms with Crippen molar-refractivity contribution in [1.82, 2.24) is 15.3 Å². The van der Waals surface area contributed by atoms with E-state index in [9.17, 15) is 15.0 Å². The smallest absolute Gasteiger partial charge is 0.274 e. The maximum atomic E-state index is 12.7. The molecule has 0 spiro atoms. The molecule has 7 heteroatoms. The Morgan fingerprint density at radius 3 is 2.31 bits per heavy atom. The lowest BCUT2D eigenvalue weighted by atomic mass is 9.97. The molecule has 4 rings (SSSR count). The molecule has 0 radical (unpaired) electrons. The van der Waals surface area contributed by atoms with E-state index < -0.39 is 17.5 Å². The summed E-state index contributed by atoms with van der Waals surface area (Å²) in [4.78, 5) is 20.9. The number of rotatable bonds is 6. The minimum absolute atomic E-state index is 0.215. The summed E-state index contributed by atoms with van der Waals surface area (Å²) in [6.07, 6.45) is 0.274. The van der Waals surface area contributed by atoms with Crippen molar-refractivity contribution in [2.24, 2.45) is 0 Å². The number of carbonyl (C=O) groups excluding carboxylic acids is 1. The number of hydrogen-bond donors (Lipinski definition) is 3. The zero-order valence-corrected chi connectivity index (χ0v) is 17.8. The Labute approximate surface area is 190 Å². The van der Waals surface area contributed by atoms with Gasteiger partial charge in [0.1, 0.15) is 5.82 Å². The van der Waals surface area contributed by atoms with Gasteiger partial charge in [0.2, 0.25) is 5.75 Å². The maximum Gasteiger partial charge on any atom is 0.274 e. The van der Waals surface area contributed by atoms with Crippen LogP contribution in [0.5, 0.6) is 11.6 Å². The quantitative estimate of drug-likeness (QED) is 0.399. The predicted octanol–water partition coefficient (Wildman–Crippen LogP) is 4.73. The molecular weight excluding hydrogens is 426 g/mol. The third kappa shape index (κ3) is 4.87. The van der Waals surface area contributed by atoms with Crippen LogP contribution >= 0.6 is 11.6 Å². The maximum absolute atomic E-state index is 12.7. The molecule has 1 aromatic heterocycles. The first-order valence-electron chi connectivity index (χ1n) is 9.96. The molecule has 160 valence electrons. The van der Waals surface area contributed by atoms with E-state index in [0.29, 0.717) is 5.02 Å². The van der Waals surface area contributed by atoms with Crippen LogP contribution in [0.4, 0.5) is 0 Å². The average Bonchev–Trinajstić information content (AvgIpc) is 2.81. The van der Waals surface area contributed by atoms with Gasteiger partial charge in [0, 0.05) is 18.0 Å². The molecular formula is C25H20ClN3O3. The van der Waals surface area contributed by atoms with Gasteiger partial charge in [0.05, 0.1) is 0 Å². The van der Waals surface area contributed by atoms with Crippen LogP contribution in [-0.2, 0) is 13.0 Å². The van der Waals surface area contributed by atoms with Crippen LogP contribution in [0.15, 0.2) is 78.9 Å². The topological polar surface area (TPSA) is 95.3 Å². The fraction of sp³-hybridized carbons (Fsp3) is 0.0800. The number of amides is 1. The first kappa shape index (κ1) is 21.3. The molecule has 0 unspecified atom stereocenters. The van der Waals surface area contributed by atoms with E-state index in [1.807, 2.05) is 54.6 Å². The standard InChI is InChI=1S/C25H20ClN3O3/c26-19-12-10-16(11-13-19)15-27-24(31)22-23(30)25(32)29-21(28-22)14-18-8-4-5-9-20(18)17-6-2-1-3-7-17/h1-13,30H,14-15H2,(H,27,31)(H,28,29,32). The van der Waals surface area contributed by atoms with Gasteiger partial charge in [-0.2, -0.15) is 4.98 Å². The third-order valence-corrected chi connectivity index (χ3v) is 5.20. The van der Waals surface area contributed by atoms with Gasteiger partial charge in [-0.1, -0.05) is 78.3 Å². The van der Waals surface area contributed by atoms with Crippen molar-refractivity contribution in [3.05, 3.63) is 107 Å². The molecule has 0 atom stereocenters. The average molecular weight is 446 g/mol. The van der Waals surface area contributed by atoms with Crippen LogP contribution < -0.4 is 5.32 Å². The van der Waals surface area contributed by atoms with Crippen molar-refractivity contribution >= 4 is 17.5 Å². The molecule has 0 saturated heterocycles. The Hall–Kier alpha value is -3.90. The van der Waals surface area contributed by atoms with Crippen molar-refractivity contribution in [3.63, 3.8) is 0 Å². The summed E-state index contributed by atoms with van der Waals surface area (Å²) >= 11 is 5.88. The predicted molar refractivity (Wildman–Crippen MR) is 123 cm³/mol. The fourth-order valence-corrected chi connectivity index (χ4v) is 3.46. The highest BCUT2D eigenvalue weighted by Crippen LogP contribution is 2.28. The van der Waals surface area contributed by atoms with Crippen molar-refractivity contribution in [2.75, 3.05) is 0 Å². The molecule has 3 N–H and O–H groups in total. The molecule has 0 aliphatic heterocycles. The molecule has 1 heterocycles. The Kier molecular flexibility index (Phi) is 6.33. The molecule has 0 saturated carbocycles. The summed E-state index contributed by atoms with van der Waals surface area (Å²) in [6, 6.07) is 24.7.